The summed E-state index contributed by atoms with van der Waals surface area (Å²) in [5, 5.41) is 9.61. The molecule has 1 aliphatic heterocycles. The van der Waals surface area contributed by atoms with Crippen LogP contribution in [0, 0.1) is 0 Å². The van der Waals surface area contributed by atoms with Gasteiger partial charge < -0.3 is 15.6 Å². The highest BCUT2D eigenvalue weighted by Crippen LogP contribution is 2.39. The summed E-state index contributed by atoms with van der Waals surface area (Å²) in [5.41, 5.74) is 9.26. The summed E-state index contributed by atoms with van der Waals surface area (Å²) >= 11 is 7.61. The number of carbonyl (C=O) groups excluding carboxylic acids is 1. The number of pyridine rings is 1. The lowest BCUT2D eigenvalue weighted by atomic mass is 10.1. The van der Waals surface area contributed by atoms with E-state index in [-0.39, 0.29) is 12.6 Å². The number of carboxylic acids is 1. The molecule has 1 amide bonds. The molecular formula is C27H28ClN5O4S. The summed E-state index contributed by atoms with van der Waals surface area (Å²) in [7, 11) is 0. The number of benzene rings is 1. The SMILES string of the molecule is C[C@@H](Oc1cc(-c2cnc3ccc(CN4CCN(CC(=O)O)CC4)cn23)sc1C(N)=O)c1ccccc1Cl. The predicted molar refractivity (Wildman–Crippen MR) is 147 cm³/mol. The van der Waals surface area contributed by atoms with E-state index < -0.39 is 11.9 Å². The largest absolute Gasteiger partial charge is 0.484 e. The first-order valence-corrected chi connectivity index (χ1v) is 13.5. The van der Waals surface area contributed by atoms with Crippen LogP contribution < -0.4 is 10.5 Å². The Hall–Kier alpha value is -3.44. The van der Waals surface area contributed by atoms with Gasteiger partial charge in [-0.3, -0.25) is 23.8 Å². The van der Waals surface area contributed by atoms with Gasteiger partial charge in [-0.1, -0.05) is 35.9 Å². The van der Waals surface area contributed by atoms with E-state index in [4.69, 9.17) is 27.2 Å². The molecule has 4 heterocycles. The summed E-state index contributed by atoms with van der Waals surface area (Å²) in [4.78, 5) is 33.2. The Morgan fingerprint density at radius 3 is 2.61 bits per heavy atom. The molecule has 0 radical (unpaired) electrons. The highest BCUT2D eigenvalue weighted by molar-refractivity contribution is 7.17. The number of hydrogen-bond donors (Lipinski definition) is 2. The molecule has 1 atom stereocenters. The quantitative estimate of drug-likeness (QED) is 0.320. The minimum atomic E-state index is -0.795. The number of amides is 1. The van der Waals surface area contributed by atoms with E-state index >= 15 is 0 Å². The number of fused-ring (bicyclic) bond motifs is 1. The number of carboxylic acid groups (broad SMARTS) is 1. The fourth-order valence-electron chi connectivity index (χ4n) is 4.67. The van der Waals surface area contributed by atoms with Crippen LogP contribution in [0.15, 0.2) is 54.9 Å². The molecule has 0 aliphatic carbocycles. The lowest BCUT2D eigenvalue weighted by Crippen LogP contribution is -2.47. The van der Waals surface area contributed by atoms with E-state index in [2.05, 4.69) is 22.1 Å². The van der Waals surface area contributed by atoms with Crippen molar-refractivity contribution in [1.82, 2.24) is 19.2 Å². The second-order valence-electron chi connectivity index (χ2n) is 9.30. The number of primary amides is 1. The third-order valence-electron chi connectivity index (χ3n) is 6.62. The van der Waals surface area contributed by atoms with Gasteiger partial charge in [0.15, 0.2) is 0 Å². The second-order valence-corrected chi connectivity index (χ2v) is 10.8. The standard InChI is InChI=1S/C27H28ClN5O4S/c1-17(19-4-2-3-5-20(19)28)37-22-12-23(38-26(22)27(29)36)21-13-30-24-7-6-18(15-33(21)24)14-31-8-10-32(11-9-31)16-25(34)35/h2-7,12-13,15,17H,8-11,14,16H2,1H3,(H2,29,36)(H,34,35)/t17-/m1/s1. The molecule has 1 aliphatic rings. The summed E-state index contributed by atoms with van der Waals surface area (Å²) < 4.78 is 8.18. The molecule has 3 aromatic heterocycles. The van der Waals surface area contributed by atoms with Gasteiger partial charge in [-0.05, 0) is 24.6 Å². The molecule has 11 heteroatoms. The Balaban J connectivity index is 1.37. The number of carbonyl (C=O) groups is 2. The van der Waals surface area contributed by atoms with Gasteiger partial charge in [0.2, 0.25) is 0 Å². The number of imidazole rings is 1. The molecule has 1 aromatic carbocycles. The van der Waals surface area contributed by atoms with E-state index in [1.54, 1.807) is 12.3 Å². The summed E-state index contributed by atoms with van der Waals surface area (Å²) in [6, 6.07) is 13.3. The van der Waals surface area contributed by atoms with Crippen LogP contribution in [0.4, 0.5) is 0 Å². The Bertz CT molecular complexity index is 1480. The van der Waals surface area contributed by atoms with Gasteiger partial charge in [0.25, 0.3) is 5.91 Å². The van der Waals surface area contributed by atoms with Gasteiger partial charge in [0.05, 0.1) is 23.3 Å². The lowest BCUT2D eigenvalue weighted by Gasteiger charge is -2.33. The zero-order valence-electron chi connectivity index (χ0n) is 20.8. The van der Waals surface area contributed by atoms with Crippen molar-refractivity contribution in [3.05, 3.63) is 75.9 Å². The highest BCUT2D eigenvalue weighted by atomic mass is 35.5. The number of thiophene rings is 1. The summed E-state index contributed by atoms with van der Waals surface area (Å²) in [6.07, 6.45) is 3.45. The minimum absolute atomic E-state index is 0.0785. The molecule has 1 fully saturated rings. The topological polar surface area (TPSA) is 113 Å². The molecule has 0 saturated carbocycles. The zero-order valence-corrected chi connectivity index (χ0v) is 22.4. The van der Waals surface area contributed by atoms with Crippen molar-refractivity contribution in [3.8, 4) is 16.3 Å². The number of aromatic nitrogens is 2. The predicted octanol–water partition coefficient (Wildman–Crippen LogP) is 4.16. The van der Waals surface area contributed by atoms with Crippen molar-refractivity contribution in [1.29, 1.82) is 0 Å². The molecule has 0 unspecified atom stereocenters. The van der Waals surface area contributed by atoms with Crippen LogP contribution in [0.1, 0.15) is 33.8 Å². The van der Waals surface area contributed by atoms with Crippen molar-refractivity contribution in [2.24, 2.45) is 5.73 Å². The van der Waals surface area contributed by atoms with Crippen molar-refractivity contribution < 1.29 is 19.4 Å². The Morgan fingerprint density at radius 1 is 1.16 bits per heavy atom. The monoisotopic (exact) mass is 553 g/mol. The summed E-state index contributed by atoms with van der Waals surface area (Å²) in [6.45, 7) is 5.77. The molecule has 5 rings (SSSR count). The molecule has 198 valence electrons. The van der Waals surface area contributed by atoms with Crippen LogP contribution in [0.5, 0.6) is 5.75 Å². The average Bonchev–Trinajstić information content (AvgIpc) is 3.49. The number of aliphatic carboxylic acids is 1. The number of halogens is 1. The van der Waals surface area contributed by atoms with Gasteiger partial charge >= 0.3 is 5.97 Å². The van der Waals surface area contributed by atoms with Crippen molar-refractivity contribution in [2.45, 2.75) is 19.6 Å². The number of piperazine rings is 1. The Labute approximate surface area is 229 Å². The van der Waals surface area contributed by atoms with Crippen molar-refractivity contribution in [2.75, 3.05) is 32.7 Å². The zero-order chi connectivity index (χ0) is 26.8. The minimum Gasteiger partial charge on any atom is -0.484 e. The Morgan fingerprint density at radius 2 is 1.89 bits per heavy atom. The van der Waals surface area contributed by atoms with Crippen LogP contribution in [0.3, 0.4) is 0 Å². The van der Waals surface area contributed by atoms with Crippen LogP contribution in [0.25, 0.3) is 16.2 Å². The molecule has 4 aromatic rings. The second kappa shape index (κ2) is 11.1. The van der Waals surface area contributed by atoms with Gasteiger partial charge in [-0.2, -0.15) is 0 Å². The van der Waals surface area contributed by atoms with E-state index in [1.165, 1.54) is 11.3 Å². The first-order valence-electron chi connectivity index (χ1n) is 12.3. The van der Waals surface area contributed by atoms with Crippen molar-refractivity contribution >= 4 is 40.5 Å². The van der Waals surface area contributed by atoms with Gasteiger partial charge in [0, 0.05) is 55.6 Å². The molecule has 3 N–H and O–H groups in total. The van der Waals surface area contributed by atoms with Crippen molar-refractivity contribution in [3.63, 3.8) is 0 Å². The molecular weight excluding hydrogens is 526 g/mol. The molecule has 9 nitrogen and oxygen atoms in total. The maximum absolute atomic E-state index is 12.3. The average molecular weight is 554 g/mol. The van der Waals surface area contributed by atoms with E-state index in [9.17, 15) is 9.59 Å². The number of ether oxygens (including phenoxy) is 1. The van der Waals surface area contributed by atoms with Gasteiger partial charge in [-0.25, -0.2) is 4.98 Å². The first kappa shape index (κ1) is 26.2. The smallest absolute Gasteiger partial charge is 0.317 e. The Kier molecular flexibility index (Phi) is 7.66. The molecule has 38 heavy (non-hydrogen) atoms. The molecule has 0 bridgehead atoms. The van der Waals surface area contributed by atoms with Crippen LogP contribution >= 0.6 is 22.9 Å². The third kappa shape index (κ3) is 5.68. The van der Waals surface area contributed by atoms with E-state index in [1.807, 2.05) is 46.6 Å². The fourth-order valence-corrected chi connectivity index (χ4v) is 5.91. The number of rotatable bonds is 9. The maximum atomic E-state index is 12.3. The summed E-state index contributed by atoms with van der Waals surface area (Å²) in [5.74, 6) is -0.939. The number of nitrogens with zero attached hydrogens (tertiary/aromatic N) is 4. The van der Waals surface area contributed by atoms with Gasteiger partial charge in [-0.15, -0.1) is 11.3 Å². The third-order valence-corrected chi connectivity index (χ3v) is 8.12. The van der Waals surface area contributed by atoms with Crippen LogP contribution in [-0.4, -0.2) is 68.9 Å². The number of nitrogens with two attached hydrogens (primary N) is 1. The highest BCUT2D eigenvalue weighted by Gasteiger charge is 2.22. The fraction of sp³-hybridized carbons (Fsp3) is 0.296. The van der Waals surface area contributed by atoms with Crippen LogP contribution in [0.2, 0.25) is 5.02 Å². The van der Waals surface area contributed by atoms with Gasteiger partial charge in [0.1, 0.15) is 22.4 Å². The normalized spacial score (nSPS) is 15.5. The lowest BCUT2D eigenvalue weighted by molar-refractivity contribution is -0.138. The number of hydrogen-bond acceptors (Lipinski definition) is 7. The van der Waals surface area contributed by atoms with E-state index in [0.717, 1.165) is 60.1 Å². The molecule has 0 spiro atoms. The molecule has 1 saturated heterocycles. The maximum Gasteiger partial charge on any atom is 0.317 e. The van der Waals surface area contributed by atoms with E-state index in [0.29, 0.717) is 15.6 Å². The first-order chi connectivity index (χ1) is 18.3. The van der Waals surface area contributed by atoms with Crippen LogP contribution in [-0.2, 0) is 11.3 Å².